The lowest BCUT2D eigenvalue weighted by molar-refractivity contribution is -0.138. The zero-order valence-electron chi connectivity index (χ0n) is 12.0. The summed E-state index contributed by atoms with van der Waals surface area (Å²) in [4.78, 5) is 26.6. The Morgan fingerprint density at radius 1 is 1.10 bits per heavy atom. The van der Waals surface area contributed by atoms with Gasteiger partial charge in [-0.2, -0.15) is 0 Å². The molecule has 114 valence electrons. The Morgan fingerprint density at radius 3 is 2.10 bits per heavy atom. The van der Waals surface area contributed by atoms with Crippen LogP contribution in [0.15, 0.2) is 0 Å². The molecule has 2 N–H and O–H groups in total. The standard InChI is InChI=1S/C14H24N2O4/c1-14(20)4-8-16(9-5-14)13(19)15-6-2-11(3-7-15)10-12(17)18/h11,20H,2-10H2,1H3,(H,17,18). The molecule has 2 rings (SSSR count). The number of amides is 2. The average Bonchev–Trinajstić information content (AvgIpc) is 2.38. The fourth-order valence-corrected chi connectivity index (χ4v) is 2.96. The molecule has 20 heavy (non-hydrogen) atoms. The predicted octanol–water partition coefficient (Wildman–Crippen LogP) is 1.14. The second kappa shape index (κ2) is 5.99. The van der Waals surface area contributed by atoms with Crippen molar-refractivity contribution in [3.63, 3.8) is 0 Å². The molecule has 0 radical (unpaired) electrons. The number of aliphatic carboxylic acids is 1. The third kappa shape index (κ3) is 3.85. The number of likely N-dealkylation sites (tertiary alicyclic amines) is 2. The maximum absolute atomic E-state index is 12.3. The molecule has 0 aliphatic carbocycles. The molecule has 6 heteroatoms. The van der Waals surface area contributed by atoms with E-state index in [1.54, 1.807) is 4.90 Å². The van der Waals surface area contributed by atoms with E-state index in [2.05, 4.69) is 0 Å². The molecule has 0 atom stereocenters. The second-order valence-electron chi connectivity index (χ2n) is 6.29. The largest absolute Gasteiger partial charge is 0.481 e. The summed E-state index contributed by atoms with van der Waals surface area (Å²) in [5.74, 6) is -0.563. The minimum Gasteiger partial charge on any atom is -0.481 e. The fourth-order valence-electron chi connectivity index (χ4n) is 2.96. The molecule has 2 saturated heterocycles. The van der Waals surface area contributed by atoms with Gasteiger partial charge in [-0.05, 0) is 38.5 Å². The molecule has 2 aliphatic heterocycles. The highest BCUT2D eigenvalue weighted by Gasteiger charge is 2.33. The van der Waals surface area contributed by atoms with E-state index in [-0.39, 0.29) is 18.4 Å². The highest BCUT2D eigenvalue weighted by atomic mass is 16.4. The first-order valence-electron chi connectivity index (χ1n) is 7.35. The number of carboxylic acid groups (broad SMARTS) is 1. The number of hydrogen-bond acceptors (Lipinski definition) is 3. The van der Waals surface area contributed by atoms with E-state index in [1.165, 1.54) is 0 Å². The van der Waals surface area contributed by atoms with E-state index in [4.69, 9.17) is 5.11 Å². The summed E-state index contributed by atoms with van der Waals surface area (Å²) in [6, 6.07) is 0.0364. The maximum Gasteiger partial charge on any atom is 0.320 e. The monoisotopic (exact) mass is 284 g/mol. The minimum absolute atomic E-state index is 0.0364. The molecule has 0 unspecified atom stereocenters. The van der Waals surface area contributed by atoms with Gasteiger partial charge in [0.1, 0.15) is 0 Å². The molecule has 2 aliphatic rings. The van der Waals surface area contributed by atoms with E-state index >= 15 is 0 Å². The number of carboxylic acids is 1. The van der Waals surface area contributed by atoms with Crippen LogP contribution in [0.5, 0.6) is 0 Å². The van der Waals surface area contributed by atoms with Gasteiger partial charge >= 0.3 is 12.0 Å². The van der Waals surface area contributed by atoms with Gasteiger partial charge in [0.05, 0.1) is 5.60 Å². The number of carbonyl (C=O) groups excluding carboxylic acids is 1. The van der Waals surface area contributed by atoms with E-state index in [1.807, 2.05) is 11.8 Å². The first-order valence-corrected chi connectivity index (χ1v) is 7.35. The predicted molar refractivity (Wildman–Crippen MR) is 73.4 cm³/mol. The molecule has 0 bridgehead atoms. The number of rotatable bonds is 2. The molecular weight excluding hydrogens is 260 g/mol. The Kier molecular flexibility index (Phi) is 4.52. The smallest absolute Gasteiger partial charge is 0.320 e. The van der Waals surface area contributed by atoms with Crippen molar-refractivity contribution >= 4 is 12.0 Å². The number of hydrogen-bond donors (Lipinski definition) is 2. The van der Waals surface area contributed by atoms with Crippen molar-refractivity contribution in [3.05, 3.63) is 0 Å². The maximum atomic E-state index is 12.3. The molecular formula is C14H24N2O4. The van der Waals surface area contributed by atoms with Crippen LogP contribution in [-0.4, -0.2) is 63.8 Å². The lowest BCUT2D eigenvalue weighted by Gasteiger charge is -2.40. The molecule has 0 aromatic rings. The van der Waals surface area contributed by atoms with Crippen molar-refractivity contribution in [2.24, 2.45) is 5.92 Å². The van der Waals surface area contributed by atoms with Crippen LogP contribution in [0.25, 0.3) is 0 Å². The lowest BCUT2D eigenvalue weighted by Crippen LogP contribution is -2.51. The van der Waals surface area contributed by atoms with Crippen molar-refractivity contribution in [1.29, 1.82) is 0 Å². The van der Waals surface area contributed by atoms with Gasteiger partial charge in [0.25, 0.3) is 0 Å². The molecule has 0 saturated carbocycles. The van der Waals surface area contributed by atoms with Crippen LogP contribution in [-0.2, 0) is 4.79 Å². The zero-order valence-corrected chi connectivity index (χ0v) is 12.0. The summed E-state index contributed by atoms with van der Waals surface area (Å²) < 4.78 is 0. The molecule has 6 nitrogen and oxygen atoms in total. The summed E-state index contributed by atoms with van der Waals surface area (Å²) >= 11 is 0. The van der Waals surface area contributed by atoms with Crippen molar-refractivity contribution in [2.75, 3.05) is 26.2 Å². The van der Waals surface area contributed by atoms with Crippen LogP contribution in [0.2, 0.25) is 0 Å². The molecule has 0 aromatic heterocycles. The van der Waals surface area contributed by atoms with Gasteiger partial charge in [-0.15, -0.1) is 0 Å². The van der Waals surface area contributed by atoms with Gasteiger partial charge in [-0.3, -0.25) is 4.79 Å². The molecule has 2 heterocycles. The number of nitrogens with zero attached hydrogens (tertiary/aromatic N) is 2. The molecule has 2 amide bonds. The number of urea groups is 1. The first-order chi connectivity index (χ1) is 9.37. The van der Waals surface area contributed by atoms with Gasteiger partial charge in [0.15, 0.2) is 0 Å². The van der Waals surface area contributed by atoms with Gasteiger partial charge < -0.3 is 20.0 Å². The Bertz CT molecular complexity index is 365. The Hall–Kier alpha value is -1.30. The van der Waals surface area contributed by atoms with E-state index in [9.17, 15) is 14.7 Å². The van der Waals surface area contributed by atoms with Gasteiger partial charge in [0.2, 0.25) is 0 Å². The summed E-state index contributed by atoms with van der Waals surface area (Å²) in [5, 5.41) is 18.7. The Morgan fingerprint density at radius 2 is 1.60 bits per heavy atom. The van der Waals surface area contributed by atoms with Crippen LogP contribution >= 0.6 is 0 Å². The van der Waals surface area contributed by atoms with Crippen molar-refractivity contribution in [1.82, 2.24) is 9.80 Å². The van der Waals surface area contributed by atoms with Crippen LogP contribution in [0.1, 0.15) is 39.0 Å². The normalized spacial score (nSPS) is 23.7. The molecule has 0 spiro atoms. The Labute approximate surface area is 119 Å². The highest BCUT2D eigenvalue weighted by molar-refractivity contribution is 5.74. The summed E-state index contributed by atoms with van der Waals surface area (Å²) in [7, 11) is 0. The molecule has 2 fully saturated rings. The summed E-state index contributed by atoms with van der Waals surface area (Å²) in [6.07, 6.45) is 2.98. The van der Waals surface area contributed by atoms with Gasteiger partial charge in [-0.25, -0.2) is 4.79 Å². The fraction of sp³-hybridized carbons (Fsp3) is 0.857. The van der Waals surface area contributed by atoms with Crippen LogP contribution < -0.4 is 0 Å². The van der Waals surface area contributed by atoms with E-state index in [0.29, 0.717) is 39.0 Å². The summed E-state index contributed by atoms with van der Waals surface area (Å²) in [6.45, 7) is 4.29. The van der Waals surface area contributed by atoms with Gasteiger partial charge in [-0.1, -0.05) is 0 Å². The average molecular weight is 284 g/mol. The van der Waals surface area contributed by atoms with Crippen molar-refractivity contribution in [3.8, 4) is 0 Å². The Balaban J connectivity index is 1.79. The van der Waals surface area contributed by atoms with Crippen molar-refractivity contribution in [2.45, 2.75) is 44.6 Å². The van der Waals surface area contributed by atoms with E-state index in [0.717, 1.165) is 12.8 Å². The minimum atomic E-state index is -0.756. The molecule has 0 aromatic carbocycles. The topological polar surface area (TPSA) is 81.1 Å². The second-order valence-corrected chi connectivity index (χ2v) is 6.29. The van der Waals surface area contributed by atoms with Crippen LogP contribution in [0.3, 0.4) is 0 Å². The lowest BCUT2D eigenvalue weighted by atomic mass is 9.93. The van der Waals surface area contributed by atoms with Crippen LogP contribution in [0, 0.1) is 5.92 Å². The van der Waals surface area contributed by atoms with Gasteiger partial charge in [0, 0.05) is 32.6 Å². The number of piperidine rings is 2. The van der Waals surface area contributed by atoms with E-state index < -0.39 is 11.6 Å². The third-order valence-electron chi connectivity index (χ3n) is 4.46. The summed E-state index contributed by atoms with van der Waals surface area (Å²) in [5.41, 5.74) is -0.648. The highest BCUT2D eigenvalue weighted by Crippen LogP contribution is 2.25. The third-order valence-corrected chi connectivity index (χ3v) is 4.46. The SMILES string of the molecule is CC1(O)CCN(C(=O)N2CCC(CC(=O)O)CC2)CC1. The van der Waals surface area contributed by atoms with Crippen molar-refractivity contribution < 1.29 is 19.8 Å². The number of carbonyl (C=O) groups is 2. The quantitative estimate of drug-likeness (QED) is 0.797. The number of aliphatic hydroxyl groups is 1. The first kappa shape index (κ1) is 15.1. The zero-order chi connectivity index (χ0) is 14.8. The van der Waals surface area contributed by atoms with Crippen LogP contribution in [0.4, 0.5) is 4.79 Å².